The van der Waals surface area contributed by atoms with Crippen molar-refractivity contribution in [1.29, 1.82) is 0 Å². The maximum atomic E-state index is 4.12. The molecule has 3 heteroatoms. The van der Waals surface area contributed by atoms with Crippen LogP contribution in [0.3, 0.4) is 0 Å². The highest BCUT2D eigenvalue weighted by molar-refractivity contribution is 5.42. The Balaban J connectivity index is 1.99. The van der Waals surface area contributed by atoms with Gasteiger partial charge in [-0.25, -0.2) is 0 Å². The Hall–Kier alpha value is -1.90. The first-order valence-corrected chi connectivity index (χ1v) is 4.89. The highest BCUT2D eigenvalue weighted by Crippen LogP contribution is 2.08. The normalized spacial score (nSPS) is 9.93. The van der Waals surface area contributed by atoms with E-state index in [0.29, 0.717) is 0 Å². The Morgan fingerprint density at radius 1 is 1.13 bits per heavy atom. The minimum absolute atomic E-state index is 0.799. The van der Waals surface area contributed by atoms with Crippen molar-refractivity contribution in [2.75, 3.05) is 5.32 Å². The van der Waals surface area contributed by atoms with E-state index in [1.165, 1.54) is 5.56 Å². The number of anilines is 1. The number of nitrogens with one attached hydrogen (secondary N) is 1. The molecule has 0 radical (unpaired) electrons. The van der Waals surface area contributed by atoms with Crippen molar-refractivity contribution < 1.29 is 0 Å². The SMILES string of the molecule is Cc1cncc(NCc2ccncc2)c1. The second-order valence-electron chi connectivity index (χ2n) is 3.46. The molecular weight excluding hydrogens is 186 g/mol. The third kappa shape index (κ3) is 2.77. The molecule has 0 amide bonds. The Morgan fingerprint density at radius 3 is 2.67 bits per heavy atom. The Kier molecular flexibility index (Phi) is 2.93. The summed E-state index contributed by atoms with van der Waals surface area (Å²) in [5, 5.41) is 3.31. The number of hydrogen-bond acceptors (Lipinski definition) is 3. The third-order valence-electron chi connectivity index (χ3n) is 2.12. The molecule has 0 aliphatic carbocycles. The molecule has 2 aromatic heterocycles. The van der Waals surface area contributed by atoms with Gasteiger partial charge in [0.1, 0.15) is 0 Å². The van der Waals surface area contributed by atoms with Gasteiger partial charge in [-0.05, 0) is 36.2 Å². The number of aromatic nitrogens is 2. The predicted molar refractivity (Wildman–Crippen MR) is 60.5 cm³/mol. The Labute approximate surface area is 89.2 Å². The van der Waals surface area contributed by atoms with Crippen molar-refractivity contribution in [2.24, 2.45) is 0 Å². The van der Waals surface area contributed by atoms with Gasteiger partial charge < -0.3 is 5.32 Å². The van der Waals surface area contributed by atoms with Crippen LogP contribution in [0.2, 0.25) is 0 Å². The molecule has 2 heterocycles. The predicted octanol–water partition coefficient (Wildman–Crippen LogP) is 2.40. The van der Waals surface area contributed by atoms with Gasteiger partial charge in [0.05, 0.1) is 5.69 Å². The van der Waals surface area contributed by atoms with Crippen molar-refractivity contribution in [3.63, 3.8) is 0 Å². The molecule has 0 aliphatic rings. The van der Waals surface area contributed by atoms with E-state index in [9.17, 15) is 0 Å². The molecule has 0 saturated carbocycles. The standard InChI is InChI=1S/C12H13N3/c1-10-6-12(9-14-7-10)15-8-11-2-4-13-5-3-11/h2-7,9,15H,8H2,1H3. The van der Waals surface area contributed by atoms with Crippen LogP contribution in [0.25, 0.3) is 0 Å². The number of pyridine rings is 2. The first-order chi connectivity index (χ1) is 7.34. The van der Waals surface area contributed by atoms with Crippen LogP contribution < -0.4 is 5.32 Å². The van der Waals surface area contributed by atoms with Gasteiger partial charge in [0.25, 0.3) is 0 Å². The second-order valence-corrected chi connectivity index (χ2v) is 3.46. The van der Waals surface area contributed by atoms with E-state index in [-0.39, 0.29) is 0 Å². The fraction of sp³-hybridized carbons (Fsp3) is 0.167. The van der Waals surface area contributed by atoms with Crippen molar-refractivity contribution in [2.45, 2.75) is 13.5 Å². The molecule has 15 heavy (non-hydrogen) atoms. The summed E-state index contributed by atoms with van der Waals surface area (Å²) in [5.74, 6) is 0. The lowest BCUT2D eigenvalue weighted by Crippen LogP contribution is -1.99. The van der Waals surface area contributed by atoms with Gasteiger partial charge in [0, 0.05) is 31.3 Å². The minimum Gasteiger partial charge on any atom is -0.380 e. The molecule has 76 valence electrons. The number of hydrogen-bond donors (Lipinski definition) is 1. The van der Waals surface area contributed by atoms with E-state index in [4.69, 9.17) is 0 Å². The van der Waals surface area contributed by atoms with Crippen LogP contribution in [-0.2, 0) is 6.54 Å². The third-order valence-corrected chi connectivity index (χ3v) is 2.12. The molecule has 0 spiro atoms. The maximum absolute atomic E-state index is 4.12. The van der Waals surface area contributed by atoms with E-state index in [2.05, 4.69) is 21.4 Å². The first kappa shape index (κ1) is 9.65. The molecule has 3 nitrogen and oxygen atoms in total. The monoisotopic (exact) mass is 199 g/mol. The van der Waals surface area contributed by atoms with E-state index in [1.54, 1.807) is 12.4 Å². The van der Waals surface area contributed by atoms with E-state index in [1.807, 2.05) is 31.5 Å². The van der Waals surface area contributed by atoms with Crippen LogP contribution in [0.4, 0.5) is 5.69 Å². The highest BCUT2D eigenvalue weighted by atomic mass is 14.9. The highest BCUT2D eigenvalue weighted by Gasteiger charge is 1.94. The van der Waals surface area contributed by atoms with Gasteiger partial charge in [-0.3, -0.25) is 9.97 Å². The van der Waals surface area contributed by atoms with Gasteiger partial charge in [-0.1, -0.05) is 0 Å². The fourth-order valence-corrected chi connectivity index (χ4v) is 1.36. The van der Waals surface area contributed by atoms with E-state index in [0.717, 1.165) is 17.8 Å². The Morgan fingerprint density at radius 2 is 1.93 bits per heavy atom. The largest absolute Gasteiger partial charge is 0.380 e. The molecule has 2 aromatic rings. The summed E-state index contributed by atoms with van der Waals surface area (Å²) in [4.78, 5) is 8.10. The summed E-state index contributed by atoms with van der Waals surface area (Å²) < 4.78 is 0. The van der Waals surface area contributed by atoms with Crippen molar-refractivity contribution >= 4 is 5.69 Å². The fourth-order valence-electron chi connectivity index (χ4n) is 1.36. The quantitative estimate of drug-likeness (QED) is 0.824. The summed E-state index contributed by atoms with van der Waals surface area (Å²) in [7, 11) is 0. The van der Waals surface area contributed by atoms with Crippen LogP contribution in [0.15, 0.2) is 43.0 Å². The molecule has 0 saturated heterocycles. The summed E-state index contributed by atoms with van der Waals surface area (Å²) in [6, 6.07) is 6.07. The molecule has 0 aliphatic heterocycles. The number of nitrogens with zero attached hydrogens (tertiary/aromatic N) is 2. The summed E-state index contributed by atoms with van der Waals surface area (Å²) in [6.45, 7) is 2.83. The minimum atomic E-state index is 0.799. The molecule has 1 N–H and O–H groups in total. The van der Waals surface area contributed by atoms with Gasteiger partial charge in [0.15, 0.2) is 0 Å². The lowest BCUT2D eigenvalue weighted by atomic mass is 10.2. The average Bonchev–Trinajstić information content (AvgIpc) is 2.28. The summed E-state index contributed by atoms with van der Waals surface area (Å²) in [5.41, 5.74) is 3.42. The summed E-state index contributed by atoms with van der Waals surface area (Å²) in [6.07, 6.45) is 7.27. The first-order valence-electron chi connectivity index (χ1n) is 4.89. The molecular formula is C12H13N3. The van der Waals surface area contributed by atoms with Gasteiger partial charge >= 0.3 is 0 Å². The van der Waals surface area contributed by atoms with Crippen LogP contribution >= 0.6 is 0 Å². The van der Waals surface area contributed by atoms with Crippen molar-refractivity contribution in [3.8, 4) is 0 Å². The molecule has 2 rings (SSSR count). The lowest BCUT2D eigenvalue weighted by Gasteiger charge is -2.06. The second kappa shape index (κ2) is 4.55. The van der Waals surface area contributed by atoms with Crippen LogP contribution in [0.5, 0.6) is 0 Å². The zero-order valence-corrected chi connectivity index (χ0v) is 8.64. The van der Waals surface area contributed by atoms with Crippen LogP contribution in [-0.4, -0.2) is 9.97 Å². The van der Waals surface area contributed by atoms with Crippen molar-refractivity contribution in [3.05, 3.63) is 54.1 Å². The molecule has 0 bridgehead atoms. The van der Waals surface area contributed by atoms with E-state index < -0.39 is 0 Å². The topological polar surface area (TPSA) is 37.8 Å². The van der Waals surface area contributed by atoms with E-state index >= 15 is 0 Å². The molecule has 0 atom stereocenters. The summed E-state index contributed by atoms with van der Waals surface area (Å²) >= 11 is 0. The van der Waals surface area contributed by atoms with Crippen LogP contribution in [0.1, 0.15) is 11.1 Å². The smallest absolute Gasteiger partial charge is 0.0532 e. The van der Waals surface area contributed by atoms with Gasteiger partial charge in [0.2, 0.25) is 0 Å². The maximum Gasteiger partial charge on any atom is 0.0532 e. The zero-order valence-electron chi connectivity index (χ0n) is 8.64. The average molecular weight is 199 g/mol. The molecule has 0 aromatic carbocycles. The zero-order chi connectivity index (χ0) is 10.5. The Bertz CT molecular complexity index is 426. The number of aryl methyl sites for hydroxylation is 1. The molecule has 0 fully saturated rings. The van der Waals surface area contributed by atoms with Crippen molar-refractivity contribution in [1.82, 2.24) is 9.97 Å². The molecule has 0 unspecified atom stereocenters. The van der Waals surface area contributed by atoms with Gasteiger partial charge in [-0.15, -0.1) is 0 Å². The van der Waals surface area contributed by atoms with Gasteiger partial charge in [-0.2, -0.15) is 0 Å². The van der Waals surface area contributed by atoms with Crippen LogP contribution in [0, 0.1) is 6.92 Å². The number of rotatable bonds is 3. The lowest BCUT2D eigenvalue weighted by molar-refractivity contribution is 1.11.